The van der Waals surface area contributed by atoms with Gasteiger partial charge in [-0.05, 0) is 17.9 Å². The van der Waals surface area contributed by atoms with Gasteiger partial charge in [-0.15, -0.1) is 11.6 Å². The molecule has 0 aliphatic heterocycles. The Kier molecular flexibility index (Phi) is 2.44. The molecule has 1 heterocycles. The Morgan fingerprint density at radius 2 is 2.06 bits per heavy atom. The first-order chi connectivity index (χ1) is 7.88. The van der Waals surface area contributed by atoms with Crippen LogP contribution in [0.15, 0.2) is 40.9 Å². The van der Waals surface area contributed by atoms with Gasteiger partial charge in [-0.3, -0.25) is 0 Å². The fraction of sp³-hybridized carbons (Fsp3) is 0.308. The minimum Gasteiger partial charge on any atom is -0.444 e. The second-order valence-corrected chi connectivity index (χ2v) is 4.42. The van der Waals surface area contributed by atoms with Crippen molar-refractivity contribution in [1.82, 2.24) is 4.98 Å². The third kappa shape index (κ3) is 1.74. The molecule has 1 saturated carbocycles. The van der Waals surface area contributed by atoms with Crippen molar-refractivity contribution < 1.29 is 4.42 Å². The standard InChI is InChI=1S/C13H12ClNO/c14-7-13-15-8-12(16-13)11-6-10(11)9-4-2-1-3-5-9/h1-5,8,10-11H,6-7H2. The van der Waals surface area contributed by atoms with Gasteiger partial charge in [0.15, 0.2) is 0 Å². The van der Waals surface area contributed by atoms with Crippen molar-refractivity contribution in [3.63, 3.8) is 0 Å². The predicted molar refractivity (Wildman–Crippen MR) is 62.6 cm³/mol. The lowest BCUT2D eigenvalue weighted by molar-refractivity contribution is 0.470. The highest BCUT2D eigenvalue weighted by molar-refractivity contribution is 6.16. The highest BCUT2D eigenvalue weighted by Gasteiger charge is 2.41. The van der Waals surface area contributed by atoms with Crippen LogP contribution in [0.4, 0.5) is 0 Å². The lowest BCUT2D eigenvalue weighted by Crippen LogP contribution is -1.81. The van der Waals surface area contributed by atoms with Gasteiger partial charge in [0.2, 0.25) is 5.89 Å². The second kappa shape index (κ2) is 3.95. The van der Waals surface area contributed by atoms with Gasteiger partial charge in [-0.25, -0.2) is 4.98 Å². The Labute approximate surface area is 99.3 Å². The first-order valence-corrected chi connectivity index (χ1v) is 5.97. The number of aromatic nitrogens is 1. The molecule has 0 saturated heterocycles. The fourth-order valence-corrected chi connectivity index (χ4v) is 2.26. The Balaban J connectivity index is 1.76. The van der Waals surface area contributed by atoms with Gasteiger partial charge >= 0.3 is 0 Å². The van der Waals surface area contributed by atoms with Crippen LogP contribution < -0.4 is 0 Å². The van der Waals surface area contributed by atoms with E-state index in [1.54, 1.807) is 0 Å². The van der Waals surface area contributed by atoms with E-state index in [-0.39, 0.29) is 0 Å². The van der Waals surface area contributed by atoms with E-state index >= 15 is 0 Å². The average Bonchev–Trinajstić information content (AvgIpc) is 3.01. The Hall–Kier alpha value is -1.28. The number of alkyl halides is 1. The molecule has 0 radical (unpaired) electrons. The van der Waals surface area contributed by atoms with Crippen molar-refractivity contribution in [2.45, 2.75) is 24.1 Å². The summed E-state index contributed by atoms with van der Waals surface area (Å²) in [6.45, 7) is 0. The van der Waals surface area contributed by atoms with E-state index in [2.05, 4.69) is 29.2 Å². The number of oxazole rings is 1. The van der Waals surface area contributed by atoms with Crippen molar-refractivity contribution >= 4 is 11.6 Å². The van der Waals surface area contributed by atoms with Gasteiger partial charge in [-0.1, -0.05) is 30.3 Å². The molecular weight excluding hydrogens is 222 g/mol. The maximum Gasteiger partial charge on any atom is 0.209 e. The largest absolute Gasteiger partial charge is 0.444 e. The monoisotopic (exact) mass is 233 g/mol. The van der Waals surface area contributed by atoms with Gasteiger partial charge in [0.05, 0.1) is 12.1 Å². The van der Waals surface area contributed by atoms with Crippen LogP contribution in [0.3, 0.4) is 0 Å². The molecule has 2 unspecified atom stereocenters. The number of rotatable bonds is 3. The van der Waals surface area contributed by atoms with Crippen molar-refractivity contribution in [3.8, 4) is 0 Å². The van der Waals surface area contributed by atoms with Gasteiger partial charge in [0.1, 0.15) is 5.76 Å². The first kappa shape index (κ1) is 9.91. The van der Waals surface area contributed by atoms with E-state index in [9.17, 15) is 0 Å². The minimum absolute atomic E-state index is 0.350. The summed E-state index contributed by atoms with van der Waals surface area (Å²) in [6.07, 6.45) is 2.96. The van der Waals surface area contributed by atoms with E-state index in [1.807, 2.05) is 12.3 Å². The molecule has 0 bridgehead atoms. The first-order valence-electron chi connectivity index (χ1n) is 5.44. The van der Waals surface area contributed by atoms with Crippen LogP contribution in [-0.4, -0.2) is 4.98 Å². The molecule has 2 aromatic rings. The van der Waals surface area contributed by atoms with Crippen molar-refractivity contribution in [2.75, 3.05) is 0 Å². The van der Waals surface area contributed by atoms with Crippen molar-refractivity contribution in [2.24, 2.45) is 0 Å². The summed E-state index contributed by atoms with van der Waals surface area (Å²) in [4.78, 5) is 4.13. The molecule has 1 fully saturated rings. The third-order valence-corrected chi connectivity index (χ3v) is 3.30. The Bertz CT molecular complexity index is 480. The van der Waals surface area contributed by atoms with Gasteiger partial charge < -0.3 is 4.42 Å². The van der Waals surface area contributed by atoms with E-state index in [4.69, 9.17) is 16.0 Å². The zero-order valence-electron chi connectivity index (χ0n) is 8.77. The summed E-state index contributed by atoms with van der Waals surface area (Å²) in [5.41, 5.74) is 1.39. The summed E-state index contributed by atoms with van der Waals surface area (Å²) < 4.78 is 5.57. The van der Waals surface area contributed by atoms with Crippen LogP contribution in [0.1, 0.15) is 35.5 Å². The molecule has 1 aromatic heterocycles. The van der Waals surface area contributed by atoms with Crippen molar-refractivity contribution in [1.29, 1.82) is 0 Å². The lowest BCUT2D eigenvalue weighted by Gasteiger charge is -1.97. The van der Waals surface area contributed by atoms with Crippen LogP contribution in [0.25, 0.3) is 0 Å². The third-order valence-electron chi connectivity index (χ3n) is 3.07. The average molecular weight is 234 g/mol. The number of benzene rings is 1. The number of nitrogens with zero attached hydrogens (tertiary/aromatic N) is 1. The summed E-state index contributed by atoms with van der Waals surface area (Å²) in [5, 5.41) is 0. The maximum absolute atomic E-state index is 5.66. The predicted octanol–water partition coefficient (Wildman–Crippen LogP) is 3.68. The quantitative estimate of drug-likeness (QED) is 0.756. The molecule has 0 amide bonds. The van der Waals surface area contributed by atoms with E-state index in [0.717, 1.165) is 12.2 Å². The van der Waals surface area contributed by atoms with E-state index < -0.39 is 0 Å². The Morgan fingerprint density at radius 3 is 2.75 bits per heavy atom. The summed E-state index contributed by atoms with van der Waals surface area (Å²) in [7, 11) is 0. The molecule has 2 atom stereocenters. The molecule has 0 N–H and O–H groups in total. The fourth-order valence-electron chi connectivity index (χ4n) is 2.14. The van der Waals surface area contributed by atoms with Gasteiger partial charge in [-0.2, -0.15) is 0 Å². The Morgan fingerprint density at radius 1 is 1.25 bits per heavy atom. The molecule has 0 spiro atoms. The smallest absolute Gasteiger partial charge is 0.209 e. The number of hydrogen-bond donors (Lipinski definition) is 0. The molecule has 1 aromatic carbocycles. The summed E-state index contributed by atoms with van der Waals surface area (Å²) in [5.74, 6) is 3.03. The van der Waals surface area contributed by atoms with E-state index in [1.165, 1.54) is 5.56 Å². The zero-order valence-corrected chi connectivity index (χ0v) is 9.52. The SMILES string of the molecule is ClCc1ncc(C2CC2c2ccccc2)o1. The summed E-state index contributed by atoms with van der Waals surface area (Å²) >= 11 is 5.66. The van der Waals surface area contributed by atoms with Crippen LogP contribution >= 0.6 is 11.6 Å². The topological polar surface area (TPSA) is 26.0 Å². The second-order valence-electron chi connectivity index (χ2n) is 4.15. The molecule has 3 rings (SSSR count). The normalized spacial score (nSPS) is 23.3. The van der Waals surface area contributed by atoms with Crippen molar-refractivity contribution in [3.05, 3.63) is 53.7 Å². The van der Waals surface area contributed by atoms with Crippen LogP contribution in [0.2, 0.25) is 0 Å². The van der Waals surface area contributed by atoms with Crippen LogP contribution in [0, 0.1) is 0 Å². The highest BCUT2D eigenvalue weighted by Crippen LogP contribution is 2.54. The number of hydrogen-bond acceptors (Lipinski definition) is 2. The number of halogens is 1. The van der Waals surface area contributed by atoms with Crippen LogP contribution in [-0.2, 0) is 5.88 Å². The summed E-state index contributed by atoms with van der Waals surface area (Å²) in [6, 6.07) is 10.5. The van der Waals surface area contributed by atoms with Crippen LogP contribution in [0.5, 0.6) is 0 Å². The molecule has 1 aliphatic rings. The molecule has 16 heavy (non-hydrogen) atoms. The molecule has 82 valence electrons. The van der Waals surface area contributed by atoms with Gasteiger partial charge in [0.25, 0.3) is 0 Å². The zero-order chi connectivity index (χ0) is 11.0. The van der Waals surface area contributed by atoms with Gasteiger partial charge in [0, 0.05) is 5.92 Å². The van der Waals surface area contributed by atoms with E-state index in [0.29, 0.717) is 23.6 Å². The minimum atomic E-state index is 0.350. The molecular formula is C13H12ClNO. The lowest BCUT2D eigenvalue weighted by atomic mass is 10.1. The highest BCUT2D eigenvalue weighted by atomic mass is 35.5. The maximum atomic E-state index is 5.66. The molecule has 3 heteroatoms. The molecule has 1 aliphatic carbocycles. The molecule has 2 nitrogen and oxygen atoms in total.